The van der Waals surface area contributed by atoms with E-state index in [-0.39, 0.29) is 5.78 Å². The van der Waals surface area contributed by atoms with Crippen LogP contribution in [0, 0.1) is 11.3 Å². The molecule has 0 aliphatic heterocycles. The second-order valence-corrected chi connectivity index (χ2v) is 6.48. The van der Waals surface area contributed by atoms with E-state index in [1.54, 1.807) is 6.07 Å². The Kier molecular flexibility index (Phi) is 3.70. The van der Waals surface area contributed by atoms with Gasteiger partial charge in [0.05, 0.1) is 17.1 Å². The summed E-state index contributed by atoms with van der Waals surface area (Å²) in [5.41, 5.74) is 4.50. The van der Waals surface area contributed by atoms with Crippen molar-refractivity contribution >= 4 is 27.9 Å². The van der Waals surface area contributed by atoms with Gasteiger partial charge < -0.3 is 9.30 Å². The van der Waals surface area contributed by atoms with E-state index in [0.717, 1.165) is 22.1 Å². The zero-order valence-corrected chi connectivity index (χ0v) is 14.6. The van der Waals surface area contributed by atoms with Crippen LogP contribution in [-0.4, -0.2) is 24.3 Å². The molecule has 0 N–H and O–H groups in total. The summed E-state index contributed by atoms with van der Waals surface area (Å²) in [7, 11) is 3.92. The third-order valence-corrected chi connectivity index (χ3v) is 4.61. The average Bonchev–Trinajstić information content (AvgIpc) is 3.15. The number of carbonyl (C=O) groups is 1. The van der Waals surface area contributed by atoms with E-state index < -0.39 is 0 Å². The van der Waals surface area contributed by atoms with Crippen molar-refractivity contribution in [3.63, 3.8) is 0 Å². The Morgan fingerprint density at radius 1 is 1.04 bits per heavy atom. The van der Waals surface area contributed by atoms with Crippen molar-refractivity contribution in [2.24, 2.45) is 0 Å². The van der Waals surface area contributed by atoms with Gasteiger partial charge in [0, 0.05) is 48.0 Å². The summed E-state index contributed by atoms with van der Waals surface area (Å²) >= 11 is 0. The van der Waals surface area contributed by atoms with Gasteiger partial charge in [-0.2, -0.15) is 5.26 Å². The number of nitriles is 1. The smallest absolute Gasteiger partial charge is 0.195 e. The number of anilines is 1. The molecule has 0 spiro atoms. The van der Waals surface area contributed by atoms with Crippen LogP contribution in [0.15, 0.2) is 66.9 Å². The minimum absolute atomic E-state index is 0.0846. The van der Waals surface area contributed by atoms with E-state index in [1.165, 1.54) is 0 Å². The molecule has 0 radical (unpaired) electrons. The van der Waals surface area contributed by atoms with Gasteiger partial charge in [-0.1, -0.05) is 6.07 Å². The number of pyridine rings is 1. The summed E-state index contributed by atoms with van der Waals surface area (Å²) < 4.78 is 2.00. The minimum Gasteiger partial charge on any atom is -0.378 e. The van der Waals surface area contributed by atoms with Crippen LogP contribution in [0.1, 0.15) is 21.5 Å². The van der Waals surface area contributed by atoms with Crippen molar-refractivity contribution in [1.82, 2.24) is 4.40 Å². The van der Waals surface area contributed by atoms with Gasteiger partial charge in [0.2, 0.25) is 0 Å². The summed E-state index contributed by atoms with van der Waals surface area (Å²) in [5.74, 6) is -0.0846. The highest BCUT2D eigenvalue weighted by atomic mass is 16.1. The summed E-state index contributed by atoms with van der Waals surface area (Å²) in [6.45, 7) is 0. The lowest BCUT2D eigenvalue weighted by Gasteiger charge is -2.13. The summed E-state index contributed by atoms with van der Waals surface area (Å²) in [5, 5.41) is 10.2. The Labute approximate surface area is 151 Å². The van der Waals surface area contributed by atoms with Crippen LogP contribution in [0.4, 0.5) is 5.69 Å². The van der Waals surface area contributed by atoms with Gasteiger partial charge in [0.1, 0.15) is 0 Å². The number of carbonyl (C=O) groups excluding carboxylic acids is 1. The fourth-order valence-corrected chi connectivity index (χ4v) is 3.27. The Morgan fingerprint density at radius 2 is 1.81 bits per heavy atom. The lowest BCUT2D eigenvalue weighted by molar-refractivity contribution is 0.104. The molecule has 0 aliphatic carbocycles. The quantitative estimate of drug-likeness (QED) is 0.524. The van der Waals surface area contributed by atoms with Crippen molar-refractivity contribution in [3.8, 4) is 6.07 Å². The van der Waals surface area contributed by atoms with Gasteiger partial charge in [-0.05, 0) is 54.6 Å². The second-order valence-electron chi connectivity index (χ2n) is 6.48. The highest BCUT2D eigenvalue weighted by Crippen LogP contribution is 2.26. The molecule has 2 heterocycles. The molecule has 4 aromatic rings. The molecule has 0 saturated carbocycles. The third-order valence-electron chi connectivity index (χ3n) is 4.61. The Bertz CT molecular complexity index is 1180. The van der Waals surface area contributed by atoms with Crippen LogP contribution in [0.3, 0.4) is 0 Å². The van der Waals surface area contributed by atoms with Crippen molar-refractivity contribution in [2.75, 3.05) is 19.0 Å². The number of nitrogens with zero attached hydrogens (tertiary/aromatic N) is 3. The molecule has 0 amide bonds. The van der Waals surface area contributed by atoms with E-state index in [9.17, 15) is 10.1 Å². The Morgan fingerprint density at radius 3 is 2.50 bits per heavy atom. The van der Waals surface area contributed by atoms with Crippen LogP contribution in [0.2, 0.25) is 0 Å². The van der Waals surface area contributed by atoms with Crippen LogP contribution in [0.5, 0.6) is 0 Å². The molecule has 2 aromatic heterocycles. The Hall–Kier alpha value is -3.58. The zero-order chi connectivity index (χ0) is 18.3. The molecule has 126 valence electrons. The van der Waals surface area contributed by atoms with Gasteiger partial charge in [0.15, 0.2) is 5.78 Å². The summed E-state index contributed by atoms with van der Waals surface area (Å²) in [6, 6.07) is 21.1. The lowest BCUT2D eigenvalue weighted by Crippen LogP contribution is -2.09. The first-order valence-electron chi connectivity index (χ1n) is 8.34. The van der Waals surface area contributed by atoms with E-state index >= 15 is 0 Å². The van der Waals surface area contributed by atoms with Crippen molar-refractivity contribution in [1.29, 1.82) is 5.26 Å². The number of aromatic nitrogens is 1. The highest BCUT2D eigenvalue weighted by molar-refractivity contribution is 6.16. The van der Waals surface area contributed by atoms with Crippen molar-refractivity contribution in [3.05, 3.63) is 83.6 Å². The molecule has 4 rings (SSSR count). The molecule has 4 nitrogen and oxygen atoms in total. The molecule has 0 saturated heterocycles. The molecule has 0 fully saturated rings. The molecule has 2 aromatic carbocycles. The molecular formula is C22H17N3O. The third kappa shape index (κ3) is 2.51. The molecule has 0 unspecified atom stereocenters. The maximum atomic E-state index is 13.2. The molecule has 4 heteroatoms. The van der Waals surface area contributed by atoms with E-state index in [2.05, 4.69) is 6.07 Å². The average molecular weight is 339 g/mol. The maximum Gasteiger partial charge on any atom is 0.195 e. The van der Waals surface area contributed by atoms with E-state index in [0.29, 0.717) is 16.7 Å². The van der Waals surface area contributed by atoms with Crippen LogP contribution < -0.4 is 4.90 Å². The first kappa shape index (κ1) is 15.9. The lowest BCUT2D eigenvalue weighted by atomic mass is 9.97. The monoisotopic (exact) mass is 339 g/mol. The van der Waals surface area contributed by atoms with Crippen LogP contribution in [0.25, 0.3) is 16.4 Å². The van der Waals surface area contributed by atoms with Crippen molar-refractivity contribution in [2.45, 2.75) is 0 Å². The number of hydrogen-bond acceptors (Lipinski definition) is 3. The maximum absolute atomic E-state index is 13.2. The predicted octanol–water partition coefficient (Wildman–Crippen LogP) is 4.26. The highest BCUT2D eigenvalue weighted by Gasteiger charge is 2.16. The largest absolute Gasteiger partial charge is 0.378 e. The summed E-state index contributed by atoms with van der Waals surface area (Å²) in [4.78, 5) is 15.2. The van der Waals surface area contributed by atoms with Gasteiger partial charge in [-0.3, -0.25) is 4.79 Å². The number of ketones is 1. The van der Waals surface area contributed by atoms with Crippen LogP contribution >= 0.6 is 0 Å². The normalized spacial score (nSPS) is 10.8. The van der Waals surface area contributed by atoms with E-state index in [4.69, 9.17) is 0 Å². The zero-order valence-electron chi connectivity index (χ0n) is 14.6. The van der Waals surface area contributed by atoms with Gasteiger partial charge in [-0.25, -0.2) is 0 Å². The van der Waals surface area contributed by atoms with Crippen LogP contribution in [-0.2, 0) is 0 Å². The van der Waals surface area contributed by atoms with Gasteiger partial charge in [0.25, 0.3) is 0 Å². The molecule has 26 heavy (non-hydrogen) atoms. The fraction of sp³-hybridized carbons (Fsp3) is 0.0909. The van der Waals surface area contributed by atoms with Gasteiger partial charge in [-0.15, -0.1) is 0 Å². The summed E-state index contributed by atoms with van der Waals surface area (Å²) in [6.07, 6.45) is 1.94. The molecule has 0 atom stereocenters. The van der Waals surface area contributed by atoms with Crippen molar-refractivity contribution < 1.29 is 4.79 Å². The second kappa shape index (κ2) is 6.05. The SMILES string of the molecule is CN(C)c1ccc(C(=O)c2cc(C#N)cc3ccc4cccn4c23)cc1. The number of rotatable bonds is 3. The molecule has 0 bridgehead atoms. The topological polar surface area (TPSA) is 48.5 Å². The number of hydrogen-bond donors (Lipinski definition) is 0. The first-order chi connectivity index (χ1) is 12.6. The van der Waals surface area contributed by atoms with Gasteiger partial charge >= 0.3 is 0 Å². The van der Waals surface area contributed by atoms with E-state index in [1.807, 2.05) is 84.2 Å². The Balaban J connectivity index is 1.95. The first-order valence-corrected chi connectivity index (χ1v) is 8.34. The number of benzene rings is 2. The molecular weight excluding hydrogens is 322 g/mol. The standard InChI is InChI=1S/C22H17N3O/c1-24(2)18-8-5-16(6-9-18)22(26)20-13-15(14-23)12-17-7-10-19-4-3-11-25(19)21(17)20/h3-13H,1-2H3. The fourth-order valence-electron chi connectivity index (χ4n) is 3.27. The minimum atomic E-state index is -0.0846. The predicted molar refractivity (Wildman–Crippen MR) is 104 cm³/mol. The number of fused-ring (bicyclic) bond motifs is 3. The molecule has 0 aliphatic rings.